The van der Waals surface area contributed by atoms with Crippen molar-refractivity contribution in [2.75, 3.05) is 0 Å². The molecule has 0 aromatic heterocycles. The van der Waals surface area contributed by atoms with Gasteiger partial charge in [-0.05, 0) is 53.7 Å². The zero-order valence-electron chi connectivity index (χ0n) is 14.1. The van der Waals surface area contributed by atoms with Crippen LogP contribution in [0.25, 0.3) is 0 Å². The Morgan fingerprint density at radius 3 is 1.37 bits per heavy atom. The fourth-order valence-electron chi connectivity index (χ4n) is 1.88. The molecule has 1 aromatic rings. The first-order chi connectivity index (χ1) is 8.29. The quantitative estimate of drug-likeness (QED) is 0.649. The number of hydrogen-bond acceptors (Lipinski definition) is 1. The first-order valence-corrected chi connectivity index (χ1v) is 10.5. The third kappa shape index (κ3) is 5.02. The van der Waals surface area contributed by atoms with Crippen LogP contribution in [0.1, 0.15) is 52.7 Å². The molecule has 0 aliphatic carbocycles. The van der Waals surface area contributed by atoms with Gasteiger partial charge in [-0.25, -0.2) is 0 Å². The minimum absolute atomic E-state index is 0.152. The molecule has 0 saturated carbocycles. The van der Waals surface area contributed by atoms with Gasteiger partial charge in [0.15, 0.2) is 0 Å². The van der Waals surface area contributed by atoms with Crippen molar-refractivity contribution >= 4 is 8.32 Å². The lowest BCUT2D eigenvalue weighted by molar-refractivity contribution is 0.530. The Morgan fingerprint density at radius 2 is 1.11 bits per heavy atom. The lowest BCUT2D eigenvalue weighted by Gasteiger charge is -2.28. The zero-order valence-corrected chi connectivity index (χ0v) is 15.1. The summed E-state index contributed by atoms with van der Waals surface area (Å²) < 4.78 is 6.21. The van der Waals surface area contributed by atoms with Gasteiger partial charge in [0, 0.05) is 0 Å². The second kappa shape index (κ2) is 4.97. The van der Waals surface area contributed by atoms with Crippen LogP contribution in [0.4, 0.5) is 0 Å². The molecule has 0 unspecified atom stereocenters. The van der Waals surface area contributed by atoms with Crippen LogP contribution >= 0.6 is 0 Å². The lowest BCUT2D eigenvalue weighted by Crippen LogP contribution is -2.29. The first kappa shape index (κ1) is 16.3. The van der Waals surface area contributed by atoms with Crippen molar-refractivity contribution in [2.45, 2.75) is 72.0 Å². The van der Waals surface area contributed by atoms with Crippen LogP contribution in [0, 0.1) is 0 Å². The predicted octanol–water partition coefficient (Wildman–Crippen LogP) is 5.50. The summed E-state index contributed by atoms with van der Waals surface area (Å²) >= 11 is 0. The van der Waals surface area contributed by atoms with Crippen LogP contribution < -0.4 is 4.43 Å². The second-order valence-corrected chi connectivity index (χ2v) is 12.9. The Bertz CT molecular complexity index is 410. The van der Waals surface area contributed by atoms with Crippen molar-refractivity contribution in [2.24, 2.45) is 0 Å². The summed E-state index contributed by atoms with van der Waals surface area (Å²) in [7, 11) is -1.56. The van der Waals surface area contributed by atoms with E-state index < -0.39 is 8.32 Å². The zero-order chi connectivity index (χ0) is 15.1. The molecule has 1 rings (SSSR count). The molecule has 19 heavy (non-hydrogen) atoms. The van der Waals surface area contributed by atoms with Gasteiger partial charge in [-0.1, -0.05) is 47.6 Å². The van der Waals surface area contributed by atoms with Crippen molar-refractivity contribution in [3.8, 4) is 5.75 Å². The van der Waals surface area contributed by atoms with Gasteiger partial charge in [0.2, 0.25) is 8.32 Å². The minimum atomic E-state index is -1.56. The molecular formula is C17H30OSi. The summed E-state index contributed by atoms with van der Waals surface area (Å²) in [4.78, 5) is 0. The molecular weight excluding hydrogens is 248 g/mol. The third-order valence-corrected chi connectivity index (χ3v) is 3.91. The van der Waals surface area contributed by atoms with E-state index in [9.17, 15) is 0 Å². The maximum atomic E-state index is 6.21. The van der Waals surface area contributed by atoms with Crippen molar-refractivity contribution in [1.82, 2.24) is 0 Å². The van der Waals surface area contributed by atoms with E-state index in [0.717, 1.165) is 5.75 Å². The smallest absolute Gasteiger partial charge is 0.242 e. The van der Waals surface area contributed by atoms with Crippen LogP contribution in [0.3, 0.4) is 0 Å². The molecule has 0 radical (unpaired) electrons. The highest BCUT2D eigenvalue weighted by Crippen LogP contribution is 2.33. The van der Waals surface area contributed by atoms with Crippen molar-refractivity contribution in [1.29, 1.82) is 0 Å². The van der Waals surface area contributed by atoms with Crippen molar-refractivity contribution in [3.63, 3.8) is 0 Å². The van der Waals surface area contributed by atoms with Gasteiger partial charge in [-0.2, -0.15) is 0 Å². The molecule has 0 heterocycles. The lowest BCUT2D eigenvalue weighted by atomic mass is 9.80. The average Bonchev–Trinajstić information content (AvgIpc) is 2.11. The Hall–Kier alpha value is -0.763. The highest BCUT2D eigenvalue weighted by atomic mass is 28.4. The monoisotopic (exact) mass is 278 g/mol. The average molecular weight is 279 g/mol. The topological polar surface area (TPSA) is 9.23 Å². The van der Waals surface area contributed by atoms with Gasteiger partial charge in [0.1, 0.15) is 5.75 Å². The molecule has 0 N–H and O–H groups in total. The Balaban J connectivity index is 3.33. The molecule has 108 valence electrons. The molecule has 0 fully saturated rings. The molecule has 1 nitrogen and oxygen atoms in total. The van der Waals surface area contributed by atoms with Gasteiger partial charge >= 0.3 is 0 Å². The molecule has 0 saturated heterocycles. The van der Waals surface area contributed by atoms with Gasteiger partial charge in [0.05, 0.1) is 0 Å². The van der Waals surface area contributed by atoms with Crippen molar-refractivity contribution in [3.05, 3.63) is 29.3 Å². The highest BCUT2D eigenvalue weighted by molar-refractivity contribution is 6.70. The summed E-state index contributed by atoms with van der Waals surface area (Å²) in [5.41, 5.74) is 3.01. The van der Waals surface area contributed by atoms with E-state index in [-0.39, 0.29) is 10.8 Å². The predicted molar refractivity (Wildman–Crippen MR) is 87.8 cm³/mol. The van der Waals surface area contributed by atoms with E-state index >= 15 is 0 Å². The summed E-state index contributed by atoms with van der Waals surface area (Å²) in [5.74, 6) is 1.04. The van der Waals surface area contributed by atoms with Crippen LogP contribution in [-0.4, -0.2) is 8.32 Å². The molecule has 0 spiro atoms. The molecule has 0 aliphatic rings. The summed E-state index contributed by atoms with van der Waals surface area (Å²) in [5, 5.41) is 0. The molecule has 0 amide bonds. The Labute approximate surface area is 120 Å². The van der Waals surface area contributed by atoms with E-state index in [2.05, 4.69) is 79.4 Å². The van der Waals surface area contributed by atoms with E-state index in [1.54, 1.807) is 0 Å². The van der Waals surface area contributed by atoms with Crippen molar-refractivity contribution < 1.29 is 4.43 Å². The summed E-state index contributed by atoms with van der Waals surface area (Å²) in [6, 6.07) is 6.76. The van der Waals surface area contributed by atoms with Gasteiger partial charge in [-0.3, -0.25) is 0 Å². The molecule has 1 aromatic carbocycles. The largest absolute Gasteiger partial charge is 0.544 e. The number of hydrogen-bond donors (Lipinski definition) is 0. The van der Waals surface area contributed by atoms with Gasteiger partial charge < -0.3 is 4.43 Å². The first-order valence-electron chi connectivity index (χ1n) is 7.14. The van der Waals surface area contributed by atoms with E-state index in [0.29, 0.717) is 0 Å². The summed E-state index contributed by atoms with van der Waals surface area (Å²) in [6.45, 7) is 20.2. The molecule has 0 bridgehead atoms. The maximum Gasteiger partial charge on any atom is 0.242 e. The third-order valence-electron chi connectivity index (χ3n) is 3.06. The Kier molecular flexibility index (Phi) is 4.26. The van der Waals surface area contributed by atoms with E-state index in [4.69, 9.17) is 4.43 Å². The number of benzene rings is 1. The molecule has 2 heteroatoms. The maximum absolute atomic E-state index is 6.21. The number of rotatable bonds is 2. The van der Waals surface area contributed by atoms with E-state index in [1.807, 2.05) is 0 Å². The van der Waals surface area contributed by atoms with Gasteiger partial charge in [0.25, 0.3) is 0 Å². The minimum Gasteiger partial charge on any atom is -0.544 e. The molecule has 0 atom stereocenters. The van der Waals surface area contributed by atoms with Crippen LogP contribution in [0.15, 0.2) is 18.2 Å². The fourth-order valence-corrected chi connectivity index (χ4v) is 2.70. The normalized spacial score (nSPS) is 13.5. The van der Waals surface area contributed by atoms with Crippen LogP contribution in [-0.2, 0) is 10.8 Å². The second-order valence-electron chi connectivity index (χ2n) is 8.46. The standard InChI is InChI=1S/C17H30OSi/c1-16(2,3)13-10-14(17(4,5)6)12-15(11-13)18-19(7,8)9/h10-12H,1-9H3. The van der Waals surface area contributed by atoms with Crippen LogP contribution in [0.5, 0.6) is 5.75 Å². The van der Waals surface area contributed by atoms with Crippen LogP contribution in [0.2, 0.25) is 19.6 Å². The Morgan fingerprint density at radius 1 is 0.737 bits per heavy atom. The fraction of sp³-hybridized carbons (Fsp3) is 0.647. The van der Waals surface area contributed by atoms with Gasteiger partial charge in [-0.15, -0.1) is 0 Å². The highest BCUT2D eigenvalue weighted by Gasteiger charge is 2.23. The van der Waals surface area contributed by atoms with E-state index in [1.165, 1.54) is 11.1 Å². The summed E-state index contributed by atoms with van der Waals surface area (Å²) in [6.07, 6.45) is 0. The molecule has 0 aliphatic heterocycles. The SMILES string of the molecule is CC(C)(C)c1cc(O[Si](C)(C)C)cc(C(C)(C)C)c1.